The van der Waals surface area contributed by atoms with Gasteiger partial charge in [0.15, 0.2) is 0 Å². The monoisotopic (exact) mass is 666 g/mol. The molecule has 13 heteroatoms. The van der Waals surface area contributed by atoms with E-state index in [0.29, 0.717) is 5.57 Å². The van der Waals surface area contributed by atoms with Gasteiger partial charge in [-0.1, -0.05) is 45.1 Å². The van der Waals surface area contributed by atoms with Crippen LogP contribution in [0.1, 0.15) is 74.1 Å². The number of nitrogens with one attached hydrogen (secondary N) is 1. The Morgan fingerprint density at radius 1 is 1.32 bits per heavy atom. The molecule has 0 radical (unpaired) electrons. The second kappa shape index (κ2) is 19.6. The number of carbonyl (C=O) groups is 3. The topological polar surface area (TPSA) is 208 Å². The summed E-state index contributed by atoms with van der Waals surface area (Å²) in [5.74, 6) is -1.44. The predicted octanol–water partition coefficient (Wildman–Crippen LogP) is 2.58. The average molecular weight is 667 g/mol. The van der Waals surface area contributed by atoms with Crippen LogP contribution < -0.4 is 5.32 Å². The fourth-order valence-corrected chi connectivity index (χ4v) is 5.83. The zero-order valence-electron chi connectivity index (χ0n) is 28.8. The van der Waals surface area contributed by atoms with Crippen molar-refractivity contribution < 1.29 is 53.8 Å². The summed E-state index contributed by atoms with van der Waals surface area (Å²) >= 11 is 0. The fourth-order valence-electron chi connectivity index (χ4n) is 5.83. The molecule has 2 aliphatic rings. The Morgan fingerprint density at radius 3 is 2.51 bits per heavy atom. The summed E-state index contributed by atoms with van der Waals surface area (Å²) in [6, 6.07) is 1.50. The van der Waals surface area contributed by atoms with Crippen LogP contribution in [0, 0.1) is 23.2 Å². The third-order valence-electron chi connectivity index (χ3n) is 8.59. The van der Waals surface area contributed by atoms with Crippen LogP contribution in [-0.4, -0.2) is 106 Å². The molecule has 1 saturated heterocycles. The van der Waals surface area contributed by atoms with Crippen molar-refractivity contribution in [1.29, 1.82) is 5.26 Å². The lowest BCUT2D eigenvalue weighted by molar-refractivity contribution is -0.157. The molecule has 0 aliphatic carbocycles. The van der Waals surface area contributed by atoms with Crippen LogP contribution in [0.25, 0.3) is 0 Å². The maximum absolute atomic E-state index is 12.7. The minimum atomic E-state index is -1.46. The molecule has 0 aromatic heterocycles. The maximum atomic E-state index is 12.7. The van der Waals surface area contributed by atoms with Crippen LogP contribution in [0.2, 0.25) is 0 Å². The fraction of sp³-hybridized carbons (Fsp3) is 0.706. The molecule has 0 aromatic carbocycles. The number of esters is 2. The minimum Gasteiger partial charge on any atom is -0.483 e. The molecular weight excluding hydrogens is 612 g/mol. The van der Waals surface area contributed by atoms with Crippen LogP contribution in [0.5, 0.6) is 0 Å². The molecule has 0 aromatic rings. The number of nitrogens with zero attached hydrogens (tertiary/aromatic N) is 1. The summed E-state index contributed by atoms with van der Waals surface area (Å²) < 4.78 is 22.7. The Labute approximate surface area is 278 Å². The smallest absolute Gasteiger partial charge is 0.309 e. The summed E-state index contributed by atoms with van der Waals surface area (Å²) in [4.78, 5) is 32.8. The van der Waals surface area contributed by atoms with Crippen molar-refractivity contribution in [2.45, 2.75) is 128 Å². The van der Waals surface area contributed by atoms with E-state index in [1.807, 2.05) is 13.8 Å². The lowest BCUT2D eigenvalue weighted by Gasteiger charge is -2.32. The average Bonchev–Trinajstić information content (AvgIpc) is 3.77. The lowest BCUT2D eigenvalue weighted by Crippen LogP contribution is -2.52. The highest BCUT2D eigenvalue weighted by atomic mass is 16.6. The molecular formula is C34H54N2O11. The van der Waals surface area contributed by atoms with Gasteiger partial charge in [-0.25, -0.2) is 0 Å². The van der Waals surface area contributed by atoms with Crippen LogP contribution in [0.4, 0.5) is 0 Å². The van der Waals surface area contributed by atoms with E-state index in [-0.39, 0.29) is 56.5 Å². The van der Waals surface area contributed by atoms with Gasteiger partial charge in [0.2, 0.25) is 0 Å². The molecule has 2 rings (SSSR count). The number of allylic oxidation sites excluding steroid dienone is 2. The second-order valence-electron chi connectivity index (χ2n) is 12.7. The molecule has 1 fully saturated rings. The number of aliphatic hydroxyl groups is 3. The van der Waals surface area contributed by atoms with Gasteiger partial charge in [0.25, 0.3) is 6.47 Å². The molecule has 47 heavy (non-hydrogen) atoms. The first-order valence-corrected chi connectivity index (χ1v) is 15.9. The Bertz CT molecular complexity index is 1140. The van der Waals surface area contributed by atoms with Gasteiger partial charge >= 0.3 is 11.9 Å². The normalized spacial score (nSPS) is 32.4. The number of rotatable bonds is 12. The third kappa shape index (κ3) is 13.5. The van der Waals surface area contributed by atoms with Crippen molar-refractivity contribution in [3.8, 4) is 6.07 Å². The van der Waals surface area contributed by atoms with Crippen molar-refractivity contribution in [1.82, 2.24) is 5.32 Å². The Kier molecular flexibility index (Phi) is 17.5. The van der Waals surface area contributed by atoms with Crippen LogP contribution in [-0.2, 0) is 33.3 Å². The summed E-state index contributed by atoms with van der Waals surface area (Å²) in [5, 5.41) is 52.1. The molecule has 2 heterocycles. The van der Waals surface area contributed by atoms with E-state index in [9.17, 15) is 30.2 Å². The molecule has 266 valence electrons. The molecule has 11 atom stereocenters. The van der Waals surface area contributed by atoms with Gasteiger partial charge in [-0.2, -0.15) is 5.26 Å². The SMILES string of the molecule is CC[C@H](OC)[C@@H](C)[C@H]1O[C@@H]1C(NCC#N)C(C)(O)/C=C/C=C(\C)C1OC(=O)C[C@H](O)CC[C@@](C)(O)[C@@H](OC(C)=O)/C=C/[C@@H]1C.O=CO. The van der Waals surface area contributed by atoms with Gasteiger partial charge in [-0.05, 0) is 51.7 Å². The maximum Gasteiger partial charge on any atom is 0.309 e. The Hall–Kier alpha value is -3.12. The quantitative estimate of drug-likeness (QED) is 0.0507. The largest absolute Gasteiger partial charge is 0.483 e. The number of methoxy groups -OCH3 is 1. The van der Waals surface area contributed by atoms with E-state index in [2.05, 4.69) is 18.3 Å². The van der Waals surface area contributed by atoms with Crippen molar-refractivity contribution in [3.63, 3.8) is 0 Å². The van der Waals surface area contributed by atoms with Crippen molar-refractivity contribution in [2.24, 2.45) is 11.8 Å². The molecule has 3 unspecified atom stereocenters. The number of cyclic esters (lactones) is 1. The highest BCUT2D eigenvalue weighted by Gasteiger charge is 2.54. The first-order chi connectivity index (χ1) is 22.0. The number of aliphatic hydroxyl groups excluding tert-OH is 1. The zero-order chi connectivity index (χ0) is 35.9. The Balaban J connectivity index is 0.00000354. The third-order valence-corrected chi connectivity index (χ3v) is 8.59. The molecule has 0 amide bonds. The molecule has 0 bridgehead atoms. The van der Waals surface area contributed by atoms with Crippen LogP contribution >= 0.6 is 0 Å². The van der Waals surface area contributed by atoms with Gasteiger partial charge in [0.1, 0.15) is 23.9 Å². The highest BCUT2D eigenvalue weighted by Crippen LogP contribution is 2.38. The number of epoxide rings is 1. The highest BCUT2D eigenvalue weighted by molar-refractivity contribution is 5.70. The van der Waals surface area contributed by atoms with Crippen LogP contribution in [0.3, 0.4) is 0 Å². The van der Waals surface area contributed by atoms with E-state index < -0.39 is 53.4 Å². The van der Waals surface area contributed by atoms with E-state index in [4.69, 9.17) is 28.8 Å². The Morgan fingerprint density at radius 2 is 1.96 bits per heavy atom. The molecule has 13 nitrogen and oxygen atoms in total. The number of carboxylic acid groups (broad SMARTS) is 1. The van der Waals surface area contributed by atoms with Crippen molar-refractivity contribution in [2.75, 3.05) is 13.7 Å². The summed E-state index contributed by atoms with van der Waals surface area (Å²) in [5.41, 5.74) is -2.20. The van der Waals surface area contributed by atoms with Crippen molar-refractivity contribution >= 4 is 18.4 Å². The van der Waals surface area contributed by atoms with Crippen LogP contribution in [0.15, 0.2) is 36.0 Å². The number of nitriles is 1. The van der Waals surface area contributed by atoms with E-state index in [1.54, 1.807) is 51.3 Å². The van der Waals surface area contributed by atoms with Gasteiger partial charge < -0.3 is 39.4 Å². The molecule has 0 spiro atoms. The molecule has 0 saturated carbocycles. The minimum absolute atomic E-state index is 0.00826. The van der Waals surface area contributed by atoms with Crippen molar-refractivity contribution in [3.05, 3.63) is 36.0 Å². The van der Waals surface area contributed by atoms with E-state index in [0.717, 1.165) is 6.42 Å². The number of hydrogen-bond acceptors (Lipinski definition) is 12. The lowest BCUT2D eigenvalue weighted by atomic mass is 9.87. The van der Waals surface area contributed by atoms with Gasteiger partial charge in [0.05, 0.1) is 49.0 Å². The van der Waals surface area contributed by atoms with Gasteiger partial charge in [-0.3, -0.25) is 19.7 Å². The van der Waals surface area contributed by atoms with E-state index in [1.165, 1.54) is 13.8 Å². The number of carbonyl (C=O) groups excluding carboxylic acids is 2. The first-order valence-electron chi connectivity index (χ1n) is 15.9. The predicted molar refractivity (Wildman–Crippen MR) is 173 cm³/mol. The zero-order valence-corrected chi connectivity index (χ0v) is 28.8. The molecule has 5 N–H and O–H groups in total. The molecule has 2 aliphatic heterocycles. The number of hydrogen-bond donors (Lipinski definition) is 5. The summed E-state index contributed by atoms with van der Waals surface area (Å²) in [7, 11) is 1.67. The second-order valence-corrected chi connectivity index (χ2v) is 12.7. The van der Waals surface area contributed by atoms with E-state index >= 15 is 0 Å². The first kappa shape index (κ1) is 41.9. The number of ether oxygens (including phenoxy) is 4. The van der Waals surface area contributed by atoms with Gasteiger partial charge in [0, 0.05) is 25.9 Å². The summed E-state index contributed by atoms with van der Waals surface area (Å²) in [6.07, 6.45) is 5.90. The standard InChI is InChI=1S/C33H52N2O9.CH2O2/c1-9-25(41-8)22(4)29-30(44-29)31(35-18-17-34)33(7,40)15-10-11-20(2)28-21(3)12-13-26(42-23(5)36)32(6,39)16-14-24(37)19-27(38)43-28;2-1-3/h10-13,15,21-22,24-26,28-31,35,37,39-40H,9,14,16,18-19H2,1-8H3;1H,(H,2,3)/b13-12+,15-10+,20-11+;/t21-,22+,24+,25-,26-,28?,29+,30-,31?,32+,33?;/m0./s1. The van der Waals surface area contributed by atoms with Gasteiger partial charge in [-0.15, -0.1) is 0 Å². The summed E-state index contributed by atoms with van der Waals surface area (Å²) in [6.45, 7) is 11.9.